The van der Waals surface area contributed by atoms with E-state index in [1.807, 2.05) is 36.4 Å². The largest absolute Gasteiger partial charge is 0.344 e. The molecule has 1 aliphatic rings. The van der Waals surface area contributed by atoms with Gasteiger partial charge in [-0.05, 0) is 109 Å². The number of nitrogens with zero attached hydrogens (tertiary/aromatic N) is 4. The predicted octanol–water partition coefficient (Wildman–Crippen LogP) is 16.2. The molecule has 8 aromatic carbocycles. The van der Waals surface area contributed by atoms with Crippen molar-refractivity contribution in [2.24, 2.45) is 7.05 Å². The summed E-state index contributed by atoms with van der Waals surface area (Å²) in [7, 11) is 2.18. The minimum absolute atomic E-state index is 0.738. The number of fused-ring (bicyclic) bond motifs is 8. The van der Waals surface area contributed by atoms with Crippen molar-refractivity contribution < 1.29 is 0 Å². The molecule has 0 N–H and O–H groups in total. The third-order valence-corrected chi connectivity index (χ3v) is 13.4. The van der Waals surface area contributed by atoms with Crippen LogP contribution in [-0.2, 0) is 7.05 Å². The molecule has 12 rings (SSSR count). The number of allylic oxidation sites excluding steroid dienone is 6. The first-order chi connectivity index (χ1) is 32.4. The smallest absolute Gasteiger partial charge is 0.160 e. The van der Waals surface area contributed by atoms with Crippen LogP contribution in [0.2, 0.25) is 0 Å². The average Bonchev–Trinajstić information content (AvgIpc) is 3.67. The van der Waals surface area contributed by atoms with Crippen LogP contribution in [0.4, 0.5) is 0 Å². The summed E-state index contributed by atoms with van der Waals surface area (Å²) in [5, 5.41) is 7.48. The van der Waals surface area contributed by atoms with E-state index in [1.54, 1.807) is 0 Å². The maximum absolute atomic E-state index is 5.41. The van der Waals surface area contributed by atoms with Gasteiger partial charge in [-0.2, -0.15) is 0 Å². The number of aryl methyl sites for hydroxylation is 5. The van der Waals surface area contributed by atoms with Crippen LogP contribution in [0.5, 0.6) is 0 Å². The molecule has 0 spiro atoms. The van der Waals surface area contributed by atoms with Gasteiger partial charge in [-0.15, -0.1) is 0 Å². The van der Waals surface area contributed by atoms with E-state index in [0.717, 1.165) is 51.6 Å². The summed E-state index contributed by atoms with van der Waals surface area (Å²) in [6.45, 7) is 8.82. The van der Waals surface area contributed by atoms with Gasteiger partial charge in [-0.3, -0.25) is 0 Å². The van der Waals surface area contributed by atoms with Crippen molar-refractivity contribution in [3.8, 4) is 39.2 Å². The van der Waals surface area contributed by atoms with Crippen LogP contribution in [0.3, 0.4) is 0 Å². The topological polar surface area (TPSA) is 35.6 Å². The summed E-state index contributed by atoms with van der Waals surface area (Å²) in [6.07, 6.45) is 11.6. The fraction of sp³-hybridized carbons (Fsp3) is 0.0968. The normalized spacial score (nSPS) is 12.5. The lowest BCUT2D eigenvalue weighted by atomic mass is 9.88. The molecular weight excluding hydrogens is 801 g/mol. The van der Waals surface area contributed by atoms with Crippen LogP contribution in [0.15, 0.2) is 200 Å². The van der Waals surface area contributed by atoms with Gasteiger partial charge in [0.1, 0.15) is 0 Å². The van der Waals surface area contributed by atoms with Gasteiger partial charge in [0.2, 0.25) is 0 Å². The molecule has 0 saturated heterocycles. The van der Waals surface area contributed by atoms with E-state index in [4.69, 9.17) is 9.97 Å². The molecule has 1 aliphatic carbocycles. The van der Waals surface area contributed by atoms with E-state index in [2.05, 4.69) is 208 Å². The summed E-state index contributed by atoms with van der Waals surface area (Å²) in [4.78, 5) is 10.5. The first-order valence-electron chi connectivity index (χ1n) is 22.9. The van der Waals surface area contributed by atoms with Crippen molar-refractivity contribution in [3.05, 3.63) is 228 Å². The van der Waals surface area contributed by atoms with Gasteiger partial charge in [0, 0.05) is 73.1 Å². The summed E-state index contributed by atoms with van der Waals surface area (Å²) in [5.74, 6) is 0.738. The second-order valence-corrected chi connectivity index (χ2v) is 17.4. The van der Waals surface area contributed by atoms with Crippen molar-refractivity contribution in [2.75, 3.05) is 0 Å². The van der Waals surface area contributed by atoms with E-state index in [0.29, 0.717) is 0 Å². The predicted molar refractivity (Wildman–Crippen MR) is 280 cm³/mol. The van der Waals surface area contributed by atoms with Gasteiger partial charge >= 0.3 is 0 Å². The highest BCUT2D eigenvalue weighted by atomic mass is 15.0. The second-order valence-electron chi connectivity index (χ2n) is 17.4. The van der Waals surface area contributed by atoms with E-state index in [9.17, 15) is 0 Å². The summed E-state index contributed by atoms with van der Waals surface area (Å²) < 4.78 is 4.83. The quantitative estimate of drug-likeness (QED) is 0.173. The Morgan fingerprint density at radius 1 is 0.500 bits per heavy atom. The Labute approximate surface area is 386 Å². The highest BCUT2D eigenvalue weighted by molar-refractivity contribution is 6.25. The Balaban J connectivity index is 0.000000745. The van der Waals surface area contributed by atoms with Crippen LogP contribution in [0, 0.1) is 27.7 Å². The standard InChI is InChI=1S/C56H44N4.C6H6/c1-34-18-10-12-22-41(34)51-36(3)43-24-14-15-25-44(43)55-53(51)45-26-16-17-27-50(45)60(55)40-29-31-49-47(33-40)46-32-39(28-30-48(46)59(49)5)54-52(42-23-13-11-19-35(42)2)37(4)57-56(58-54)38-20-8-6-7-9-21-38;1-2-4-6-5-3-1/h6,8-33H,7H2,1-5H3;1-6H. The lowest BCUT2D eigenvalue weighted by Gasteiger charge is -2.17. The first kappa shape index (κ1) is 40.7. The van der Waals surface area contributed by atoms with E-state index in [1.165, 1.54) is 82.2 Å². The molecule has 0 amide bonds. The molecule has 318 valence electrons. The SMILES string of the molecule is Cc1ccccc1-c1c(C)nc(C2=CC=CCC=C2)nc1-c1ccc2c(c1)c1cc(-n3c4ccccc4c4c(-c5ccccc5C)c(C)c5ccccc5c43)ccc1n2C.c1ccccc1. The third-order valence-electron chi connectivity index (χ3n) is 13.4. The Hall–Kier alpha value is -8.08. The summed E-state index contributed by atoms with van der Waals surface area (Å²) in [6, 6.07) is 61.1. The molecule has 0 fully saturated rings. The van der Waals surface area contributed by atoms with Crippen LogP contribution >= 0.6 is 0 Å². The van der Waals surface area contributed by atoms with Gasteiger partial charge in [-0.25, -0.2) is 9.97 Å². The lowest BCUT2D eigenvalue weighted by Crippen LogP contribution is -2.03. The number of rotatable bonds is 5. The Bertz CT molecular complexity index is 3750. The zero-order valence-electron chi connectivity index (χ0n) is 38.0. The molecule has 0 saturated carbocycles. The monoisotopic (exact) mass is 850 g/mol. The molecule has 4 nitrogen and oxygen atoms in total. The molecule has 3 aromatic heterocycles. The lowest BCUT2D eigenvalue weighted by molar-refractivity contribution is 1.01. The molecule has 66 heavy (non-hydrogen) atoms. The third kappa shape index (κ3) is 6.85. The number of hydrogen-bond acceptors (Lipinski definition) is 2. The molecule has 0 bridgehead atoms. The number of aromatic nitrogens is 4. The molecule has 0 atom stereocenters. The Morgan fingerprint density at radius 2 is 1.11 bits per heavy atom. The summed E-state index contributed by atoms with van der Waals surface area (Å²) in [5.41, 5.74) is 18.5. The molecule has 4 heteroatoms. The van der Waals surface area contributed by atoms with Gasteiger partial charge < -0.3 is 9.13 Å². The Kier molecular flexibility index (Phi) is 10.4. The van der Waals surface area contributed by atoms with E-state index in [-0.39, 0.29) is 0 Å². The van der Waals surface area contributed by atoms with Crippen LogP contribution in [-0.4, -0.2) is 19.1 Å². The highest BCUT2D eigenvalue weighted by Gasteiger charge is 2.24. The van der Waals surface area contributed by atoms with Gasteiger partial charge in [0.25, 0.3) is 0 Å². The Morgan fingerprint density at radius 3 is 1.82 bits per heavy atom. The van der Waals surface area contributed by atoms with Crippen LogP contribution in [0.1, 0.15) is 34.6 Å². The van der Waals surface area contributed by atoms with Crippen LogP contribution < -0.4 is 0 Å². The van der Waals surface area contributed by atoms with E-state index >= 15 is 0 Å². The first-order valence-corrected chi connectivity index (χ1v) is 22.9. The van der Waals surface area contributed by atoms with Crippen molar-refractivity contribution in [3.63, 3.8) is 0 Å². The maximum atomic E-state index is 5.41. The number of benzene rings is 8. The molecular formula is C62H50N4. The summed E-state index contributed by atoms with van der Waals surface area (Å²) >= 11 is 0. The van der Waals surface area contributed by atoms with Gasteiger partial charge in [-0.1, -0.05) is 164 Å². The van der Waals surface area contributed by atoms with Gasteiger partial charge in [0.15, 0.2) is 5.82 Å². The second kappa shape index (κ2) is 16.8. The minimum atomic E-state index is 0.738. The fourth-order valence-corrected chi connectivity index (χ4v) is 10.2. The molecule has 3 heterocycles. The molecule has 0 radical (unpaired) electrons. The van der Waals surface area contributed by atoms with Crippen molar-refractivity contribution in [2.45, 2.75) is 34.1 Å². The molecule has 0 unspecified atom stereocenters. The van der Waals surface area contributed by atoms with Crippen molar-refractivity contribution in [1.82, 2.24) is 19.1 Å². The zero-order valence-corrected chi connectivity index (χ0v) is 38.0. The van der Waals surface area contributed by atoms with Crippen molar-refractivity contribution in [1.29, 1.82) is 0 Å². The zero-order chi connectivity index (χ0) is 44.9. The molecule has 11 aromatic rings. The minimum Gasteiger partial charge on any atom is -0.344 e. The molecule has 0 aliphatic heterocycles. The van der Waals surface area contributed by atoms with Gasteiger partial charge in [0.05, 0.1) is 16.7 Å². The van der Waals surface area contributed by atoms with Crippen LogP contribution in [0.25, 0.3) is 99.2 Å². The maximum Gasteiger partial charge on any atom is 0.160 e. The number of para-hydroxylation sites is 1. The van der Waals surface area contributed by atoms with E-state index < -0.39 is 0 Å². The average molecular weight is 851 g/mol. The van der Waals surface area contributed by atoms with Crippen molar-refractivity contribution >= 4 is 60.0 Å². The highest BCUT2D eigenvalue weighted by Crippen LogP contribution is 2.46. The fourth-order valence-electron chi connectivity index (χ4n) is 10.2. The number of hydrogen-bond donors (Lipinski definition) is 0.